The van der Waals surface area contributed by atoms with Gasteiger partial charge in [-0.25, -0.2) is 9.59 Å². The first-order chi connectivity index (χ1) is 18.6. The Hall–Kier alpha value is -3.14. The summed E-state index contributed by atoms with van der Waals surface area (Å²) in [7, 11) is 0. The summed E-state index contributed by atoms with van der Waals surface area (Å²) >= 11 is 0. The first kappa shape index (κ1) is 31.4. The minimum absolute atomic E-state index is 0.181. The normalized spacial score (nSPS) is 22.8. The van der Waals surface area contributed by atoms with Gasteiger partial charge in [-0.05, 0) is 79.2 Å². The first-order valence-corrected chi connectivity index (χ1v) is 14.2. The zero-order chi connectivity index (χ0) is 29.7. The number of esters is 2. The van der Waals surface area contributed by atoms with Gasteiger partial charge in [0.15, 0.2) is 0 Å². The Labute approximate surface area is 237 Å². The van der Waals surface area contributed by atoms with Gasteiger partial charge in [0.05, 0.1) is 5.92 Å². The predicted molar refractivity (Wildman–Crippen MR) is 149 cm³/mol. The number of nitrogens with two attached hydrogens (primary N) is 1. The number of alkyl carbamates (subject to hydrolysis) is 1. The van der Waals surface area contributed by atoms with Gasteiger partial charge in [0, 0.05) is 19.5 Å². The van der Waals surface area contributed by atoms with E-state index in [0.717, 1.165) is 5.56 Å². The maximum Gasteiger partial charge on any atom is 0.407 e. The molecule has 10 heteroatoms. The van der Waals surface area contributed by atoms with E-state index < -0.39 is 58.7 Å². The number of nitrogens with zero attached hydrogens (tertiary/aromatic N) is 1. The molecule has 2 fully saturated rings. The van der Waals surface area contributed by atoms with E-state index in [1.165, 1.54) is 4.90 Å². The number of benzene rings is 1. The number of nitrogens with one attached hydrogen (secondary N) is 1. The van der Waals surface area contributed by atoms with Crippen LogP contribution in [0.1, 0.15) is 91.7 Å². The lowest BCUT2D eigenvalue weighted by atomic mass is 9.77. The molecule has 0 radical (unpaired) electrons. The highest BCUT2D eigenvalue weighted by Crippen LogP contribution is 2.41. The van der Waals surface area contributed by atoms with Crippen LogP contribution in [0.3, 0.4) is 0 Å². The summed E-state index contributed by atoms with van der Waals surface area (Å²) in [5, 5.41) is 2.71. The highest BCUT2D eigenvalue weighted by molar-refractivity contribution is 5.95. The summed E-state index contributed by atoms with van der Waals surface area (Å²) in [4.78, 5) is 53.8. The monoisotopic (exact) mass is 559 g/mol. The molecule has 4 atom stereocenters. The van der Waals surface area contributed by atoms with Gasteiger partial charge in [-0.2, -0.15) is 0 Å². The molecule has 2 aliphatic rings. The van der Waals surface area contributed by atoms with E-state index in [4.69, 9.17) is 19.9 Å². The molecule has 0 unspecified atom stereocenters. The number of cyclic esters (lactones) is 1. The van der Waals surface area contributed by atoms with Crippen LogP contribution in [0.4, 0.5) is 4.79 Å². The summed E-state index contributed by atoms with van der Waals surface area (Å²) in [6, 6.07) is 8.61. The molecule has 0 aromatic heterocycles. The number of hydrogen-bond donors (Lipinski definition) is 2. The third kappa shape index (κ3) is 8.19. The van der Waals surface area contributed by atoms with Crippen molar-refractivity contribution in [3.05, 3.63) is 35.9 Å². The molecule has 2 heterocycles. The summed E-state index contributed by atoms with van der Waals surface area (Å²) < 4.78 is 16.6. The highest BCUT2D eigenvalue weighted by Gasteiger charge is 2.54. The largest absolute Gasteiger partial charge is 0.458 e. The SMILES string of the molecule is CC(C)(C)OC(=O)NCCCC[C@@](N)(C(=O)N1CCC[C@H]1C(=O)OC(C)(C)C)[C@@H]1C[C@@H](c2ccccc2)OC1=O. The molecule has 0 bridgehead atoms. The summed E-state index contributed by atoms with van der Waals surface area (Å²) in [6.45, 7) is 11.4. The highest BCUT2D eigenvalue weighted by atomic mass is 16.6. The summed E-state index contributed by atoms with van der Waals surface area (Å²) in [6.07, 6.45) is 1.49. The van der Waals surface area contributed by atoms with Crippen molar-refractivity contribution in [3.8, 4) is 0 Å². The number of unbranched alkanes of at least 4 members (excludes halogenated alkanes) is 1. The van der Waals surface area contributed by atoms with Crippen molar-refractivity contribution in [1.29, 1.82) is 0 Å². The Morgan fingerprint density at radius 1 is 1.02 bits per heavy atom. The molecule has 1 aromatic carbocycles. The van der Waals surface area contributed by atoms with Crippen molar-refractivity contribution in [3.63, 3.8) is 0 Å². The molecule has 0 saturated carbocycles. The van der Waals surface area contributed by atoms with Crippen molar-refractivity contribution >= 4 is 23.9 Å². The molecule has 0 aliphatic carbocycles. The van der Waals surface area contributed by atoms with Crippen LogP contribution in [-0.2, 0) is 28.6 Å². The molecule has 10 nitrogen and oxygen atoms in total. The molecule has 222 valence electrons. The van der Waals surface area contributed by atoms with Crippen LogP contribution in [0.25, 0.3) is 0 Å². The second-order valence-corrected chi connectivity index (χ2v) is 12.7. The van der Waals surface area contributed by atoms with Crippen LogP contribution < -0.4 is 11.1 Å². The molecule has 0 spiro atoms. The Morgan fingerprint density at radius 3 is 2.30 bits per heavy atom. The average Bonchev–Trinajstić information content (AvgIpc) is 3.49. The number of carbonyl (C=O) groups excluding carboxylic acids is 4. The molecule has 2 amide bonds. The number of likely N-dealkylation sites (tertiary alicyclic amines) is 1. The molecule has 1 aromatic rings. The second kappa shape index (κ2) is 12.6. The van der Waals surface area contributed by atoms with E-state index in [2.05, 4.69) is 5.32 Å². The van der Waals surface area contributed by atoms with Gasteiger partial charge in [0.1, 0.15) is 28.9 Å². The first-order valence-electron chi connectivity index (χ1n) is 14.2. The Morgan fingerprint density at radius 2 is 1.68 bits per heavy atom. The summed E-state index contributed by atoms with van der Waals surface area (Å²) in [5.41, 5.74) is 4.86. The number of ether oxygens (including phenoxy) is 3. The van der Waals surface area contributed by atoms with Gasteiger partial charge >= 0.3 is 18.0 Å². The Bertz CT molecular complexity index is 1060. The molecular weight excluding hydrogens is 514 g/mol. The van der Waals surface area contributed by atoms with E-state index in [0.29, 0.717) is 38.8 Å². The Balaban J connectivity index is 1.77. The van der Waals surface area contributed by atoms with Crippen LogP contribution in [0.5, 0.6) is 0 Å². The van der Waals surface area contributed by atoms with Crippen LogP contribution in [0.15, 0.2) is 30.3 Å². The molecular formula is C30H45N3O7. The smallest absolute Gasteiger partial charge is 0.407 e. The van der Waals surface area contributed by atoms with E-state index in [1.807, 2.05) is 30.3 Å². The topological polar surface area (TPSA) is 137 Å². The molecule has 40 heavy (non-hydrogen) atoms. The van der Waals surface area contributed by atoms with Crippen molar-refractivity contribution in [2.24, 2.45) is 11.7 Å². The maximum absolute atomic E-state index is 14.1. The summed E-state index contributed by atoms with van der Waals surface area (Å²) in [5.74, 6) is -2.33. The molecule has 2 saturated heterocycles. The average molecular weight is 560 g/mol. The minimum atomic E-state index is -1.59. The predicted octanol–water partition coefficient (Wildman–Crippen LogP) is 4.02. The van der Waals surface area contributed by atoms with Crippen LogP contribution in [0.2, 0.25) is 0 Å². The van der Waals surface area contributed by atoms with Gasteiger partial charge in [0.2, 0.25) is 5.91 Å². The number of carbonyl (C=O) groups is 4. The fourth-order valence-electron chi connectivity index (χ4n) is 5.24. The molecule has 3 rings (SSSR count). The molecule has 3 N–H and O–H groups in total. The van der Waals surface area contributed by atoms with Gasteiger partial charge < -0.3 is 30.2 Å². The zero-order valence-electron chi connectivity index (χ0n) is 24.7. The standard InChI is InChI=1S/C30H45N3O7/c1-28(2,3)39-25(35)22-15-12-18-33(22)26(36)30(31,16-10-11-17-32-27(37)40-29(4,5)6)21-19-23(38-24(21)34)20-13-8-7-9-14-20/h7-9,13-14,21-23H,10-12,15-19,31H2,1-6H3,(H,32,37)/t21-,22+,23+,30+/m1/s1. The van der Waals surface area contributed by atoms with E-state index in [9.17, 15) is 19.2 Å². The third-order valence-corrected chi connectivity index (χ3v) is 7.06. The van der Waals surface area contributed by atoms with Gasteiger partial charge in [-0.1, -0.05) is 30.3 Å². The molecule has 2 aliphatic heterocycles. The van der Waals surface area contributed by atoms with Crippen LogP contribution >= 0.6 is 0 Å². The quantitative estimate of drug-likeness (QED) is 0.263. The minimum Gasteiger partial charge on any atom is -0.458 e. The second-order valence-electron chi connectivity index (χ2n) is 12.7. The lowest BCUT2D eigenvalue weighted by Crippen LogP contribution is -2.62. The van der Waals surface area contributed by atoms with Gasteiger partial charge in [0.25, 0.3) is 0 Å². The van der Waals surface area contributed by atoms with E-state index in [-0.39, 0.29) is 12.8 Å². The van der Waals surface area contributed by atoms with Crippen molar-refractivity contribution < 1.29 is 33.4 Å². The van der Waals surface area contributed by atoms with Crippen molar-refractivity contribution in [2.45, 2.75) is 109 Å². The van der Waals surface area contributed by atoms with Crippen molar-refractivity contribution in [1.82, 2.24) is 10.2 Å². The van der Waals surface area contributed by atoms with Gasteiger partial charge in [-0.3, -0.25) is 9.59 Å². The van der Waals surface area contributed by atoms with Gasteiger partial charge in [-0.15, -0.1) is 0 Å². The zero-order valence-corrected chi connectivity index (χ0v) is 24.7. The lowest BCUT2D eigenvalue weighted by Gasteiger charge is -2.37. The van der Waals surface area contributed by atoms with E-state index in [1.54, 1.807) is 41.5 Å². The van der Waals surface area contributed by atoms with Crippen LogP contribution in [0, 0.1) is 5.92 Å². The fourth-order valence-corrected chi connectivity index (χ4v) is 5.24. The fraction of sp³-hybridized carbons (Fsp3) is 0.667. The maximum atomic E-state index is 14.1. The third-order valence-electron chi connectivity index (χ3n) is 7.06. The lowest BCUT2D eigenvalue weighted by molar-refractivity contribution is -0.165. The number of rotatable bonds is 9. The van der Waals surface area contributed by atoms with Crippen molar-refractivity contribution in [2.75, 3.05) is 13.1 Å². The van der Waals surface area contributed by atoms with E-state index >= 15 is 0 Å². The Kier molecular flexibility index (Phi) is 9.87. The van der Waals surface area contributed by atoms with Crippen LogP contribution in [-0.4, -0.2) is 64.7 Å². The number of amides is 2. The number of hydrogen-bond acceptors (Lipinski definition) is 8.